The molecule has 10 heteroatoms. The van der Waals surface area contributed by atoms with Crippen molar-refractivity contribution >= 4 is 28.9 Å². The van der Waals surface area contributed by atoms with E-state index in [0.29, 0.717) is 11.4 Å². The Morgan fingerprint density at radius 3 is 2.47 bits per heavy atom. The van der Waals surface area contributed by atoms with Crippen LogP contribution in [0.15, 0.2) is 78.0 Å². The minimum Gasteiger partial charge on any atom is -0.298 e. The number of anilines is 1. The van der Waals surface area contributed by atoms with Crippen LogP contribution in [0.3, 0.4) is 0 Å². The summed E-state index contributed by atoms with van der Waals surface area (Å²) in [6, 6.07) is 18.5. The molecule has 1 N–H and O–H groups in total. The molecule has 2 aromatic carbocycles. The normalized spacial score (nSPS) is 11.1. The molecule has 10 nitrogen and oxygen atoms in total. The van der Waals surface area contributed by atoms with Crippen LogP contribution in [-0.4, -0.2) is 25.4 Å². The Kier molecular flexibility index (Phi) is 4.87. The van der Waals surface area contributed by atoms with Crippen molar-refractivity contribution in [2.75, 3.05) is 5.43 Å². The number of aromatic nitrogens is 2. The standard InChI is InChI=1S/C20H14N6O4/c27-25(28)15-9-10-16(17(12-15)26(29)30)23-21-13-18-20(14-6-2-1-3-7-14)22-19-8-4-5-11-24(18)19/h1-13,23H/b21-13-. The van der Waals surface area contributed by atoms with Gasteiger partial charge in [-0.1, -0.05) is 36.4 Å². The van der Waals surface area contributed by atoms with Gasteiger partial charge in [0.2, 0.25) is 0 Å². The maximum Gasteiger partial charge on any atom is 0.301 e. The molecule has 148 valence electrons. The highest BCUT2D eigenvalue weighted by Crippen LogP contribution is 2.29. The highest BCUT2D eigenvalue weighted by atomic mass is 16.6. The number of fused-ring (bicyclic) bond motifs is 1. The van der Waals surface area contributed by atoms with Gasteiger partial charge in [-0.2, -0.15) is 5.10 Å². The number of hydrogen-bond acceptors (Lipinski definition) is 7. The van der Waals surface area contributed by atoms with Gasteiger partial charge in [-0.15, -0.1) is 0 Å². The molecule has 0 aliphatic carbocycles. The summed E-state index contributed by atoms with van der Waals surface area (Å²) in [4.78, 5) is 25.4. The number of rotatable bonds is 6. The second-order valence-electron chi connectivity index (χ2n) is 6.23. The van der Waals surface area contributed by atoms with Gasteiger partial charge in [0.15, 0.2) is 0 Å². The van der Waals surface area contributed by atoms with Gasteiger partial charge < -0.3 is 0 Å². The number of imidazole rings is 1. The van der Waals surface area contributed by atoms with Crippen LogP contribution in [0.5, 0.6) is 0 Å². The molecule has 4 rings (SSSR count). The number of hydrazone groups is 1. The molecule has 0 atom stereocenters. The number of nitro groups is 2. The van der Waals surface area contributed by atoms with Gasteiger partial charge in [0.05, 0.1) is 33.5 Å². The smallest absolute Gasteiger partial charge is 0.298 e. The van der Waals surface area contributed by atoms with Gasteiger partial charge in [0, 0.05) is 17.8 Å². The van der Waals surface area contributed by atoms with Crippen LogP contribution in [0.1, 0.15) is 5.69 Å². The molecule has 2 heterocycles. The van der Waals surface area contributed by atoms with Crippen LogP contribution in [0.25, 0.3) is 16.9 Å². The van der Waals surface area contributed by atoms with E-state index in [0.717, 1.165) is 17.3 Å². The highest BCUT2D eigenvalue weighted by molar-refractivity contribution is 5.89. The molecular weight excluding hydrogens is 388 g/mol. The summed E-state index contributed by atoms with van der Waals surface area (Å²) in [5, 5.41) is 26.3. The molecule has 2 aromatic heterocycles. The summed E-state index contributed by atoms with van der Waals surface area (Å²) >= 11 is 0. The number of hydrogen-bond donors (Lipinski definition) is 1. The lowest BCUT2D eigenvalue weighted by Gasteiger charge is -2.03. The third-order valence-corrected chi connectivity index (χ3v) is 4.37. The van der Waals surface area contributed by atoms with Crippen LogP contribution < -0.4 is 5.43 Å². The quantitative estimate of drug-likeness (QED) is 0.291. The fraction of sp³-hybridized carbons (Fsp3) is 0. The van der Waals surface area contributed by atoms with Crippen molar-refractivity contribution < 1.29 is 9.85 Å². The van der Waals surface area contributed by atoms with Crippen molar-refractivity contribution in [1.82, 2.24) is 9.38 Å². The van der Waals surface area contributed by atoms with Gasteiger partial charge in [0.1, 0.15) is 11.3 Å². The lowest BCUT2D eigenvalue weighted by atomic mass is 10.1. The van der Waals surface area contributed by atoms with E-state index >= 15 is 0 Å². The first-order valence-corrected chi connectivity index (χ1v) is 8.79. The predicted molar refractivity (Wildman–Crippen MR) is 112 cm³/mol. The van der Waals surface area contributed by atoms with E-state index in [1.54, 1.807) is 0 Å². The summed E-state index contributed by atoms with van der Waals surface area (Å²) in [5.74, 6) is 0. The topological polar surface area (TPSA) is 128 Å². The van der Waals surface area contributed by atoms with Crippen LogP contribution in [0, 0.1) is 20.2 Å². The van der Waals surface area contributed by atoms with Gasteiger partial charge in [-0.05, 0) is 18.2 Å². The Labute approximate surface area is 169 Å². The summed E-state index contributed by atoms with van der Waals surface area (Å²) in [6.45, 7) is 0. The fourth-order valence-corrected chi connectivity index (χ4v) is 2.99. The molecule has 0 aliphatic rings. The Bertz CT molecular complexity index is 1280. The minimum absolute atomic E-state index is 0.0388. The maximum atomic E-state index is 11.3. The Morgan fingerprint density at radius 2 is 1.73 bits per heavy atom. The minimum atomic E-state index is -0.700. The number of nitro benzene ring substituents is 2. The van der Waals surface area contributed by atoms with E-state index in [4.69, 9.17) is 0 Å². The van der Waals surface area contributed by atoms with Gasteiger partial charge in [0.25, 0.3) is 5.69 Å². The molecule has 4 aromatic rings. The summed E-state index contributed by atoms with van der Waals surface area (Å²) < 4.78 is 1.85. The number of benzene rings is 2. The van der Waals surface area contributed by atoms with Gasteiger partial charge in [-0.3, -0.25) is 30.1 Å². The molecule has 0 saturated heterocycles. The van der Waals surface area contributed by atoms with Crippen molar-refractivity contribution in [3.8, 4) is 11.3 Å². The van der Waals surface area contributed by atoms with Gasteiger partial charge >= 0.3 is 5.69 Å². The molecular formula is C20H14N6O4. The lowest BCUT2D eigenvalue weighted by molar-refractivity contribution is -0.393. The second-order valence-corrected chi connectivity index (χ2v) is 6.23. The van der Waals surface area contributed by atoms with Crippen molar-refractivity contribution in [2.24, 2.45) is 5.10 Å². The molecule has 0 bridgehead atoms. The van der Waals surface area contributed by atoms with E-state index in [-0.39, 0.29) is 11.4 Å². The largest absolute Gasteiger partial charge is 0.301 e. The van der Waals surface area contributed by atoms with Crippen LogP contribution in [0.2, 0.25) is 0 Å². The van der Waals surface area contributed by atoms with E-state index < -0.39 is 15.5 Å². The first kappa shape index (κ1) is 18.7. The Morgan fingerprint density at radius 1 is 0.967 bits per heavy atom. The van der Waals surface area contributed by atoms with Crippen molar-refractivity contribution in [3.63, 3.8) is 0 Å². The number of pyridine rings is 1. The van der Waals surface area contributed by atoms with Crippen molar-refractivity contribution in [3.05, 3.63) is 98.8 Å². The predicted octanol–water partition coefficient (Wildman–Crippen LogP) is 4.26. The molecule has 0 unspecified atom stereocenters. The number of nitrogens with one attached hydrogen (secondary N) is 1. The third-order valence-electron chi connectivity index (χ3n) is 4.37. The third kappa shape index (κ3) is 3.56. The van der Waals surface area contributed by atoms with Crippen LogP contribution >= 0.6 is 0 Å². The molecule has 0 aliphatic heterocycles. The van der Waals surface area contributed by atoms with E-state index in [1.165, 1.54) is 18.3 Å². The summed E-state index contributed by atoms with van der Waals surface area (Å²) in [6.07, 6.45) is 3.35. The first-order valence-electron chi connectivity index (χ1n) is 8.79. The zero-order valence-electron chi connectivity index (χ0n) is 15.4. The second kappa shape index (κ2) is 7.80. The summed E-state index contributed by atoms with van der Waals surface area (Å²) in [5.41, 5.74) is 4.82. The average molecular weight is 402 g/mol. The molecule has 0 radical (unpaired) electrons. The first-order chi connectivity index (χ1) is 14.5. The van der Waals surface area contributed by atoms with Crippen molar-refractivity contribution in [2.45, 2.75) is 0 Å². The zero-order valence-corrected chi connectivity index (χ0v) is 15.4. The fourth-order valence-electron chi connectivity index (χ4n) is 2.99. The zero-order chi connectivity index (χ0) is 21.1. The molecule has 0 fully saturated rings. The lowest BCUT2D eigenvalue weighted by Crippen LogP contribution is -2.00. The number of non-ortho nitro benzene ring substituents is 1. The molecule has 30 heavy (non-hydrogen) atoms. The van der Waals surface area contributed by atoms with E-state index in [2.05, 4.69) is 15.5 Å². The van der Waals surface area contributed by atoms with Crippen molar-refractivity contribution in [1.29, 1.82) is 0 Å². The molecule has 0 saturated carbocycles. The Balaban J connectivity index is 1.72. The monoisotopic (exact) mass is 402 g/mol. The van der Waals surface area contributed by atoms with E-state index in [1.807, 2.05) is 59.1 Å². The molecule has 0 amide bonds. The Hall–Kier alpha value is -4.60. The average Bonchev–Trinajstić information content (AvgIpc) is 3.13. The van der Waals surface area contributed by atoms with Crippen LogP contribution in [-0.2, 0) is 0 Å². The maximum absolute atomic E-state index is 11.3. The highest BCUT2D eigenvalue weighted by Gasteiger charge is 2.19. The van der Waals surface area contributed by atoms with E-state index in [9.17, 15) is 20.2 Å². The SMILES string of the molecule is O=[N+]([O-])c1ccc(N/N=C\c2c(-c3ccccc3)nc3ccccn23)c([N+](=O)[O-])c1. The van der Waals surface area contributed by atoms with Gasteiger partial charge in [-0.25, -0.2) is 4.98 Å². The number of nitrogens with zero attached hydrogens (tertiary/aromatic N) is 5. The van der Waals surface area contributed by atoms with Crippen LogP contribution in [0.4, 0.5) is 17.1 Å². The summed E-state index contributed by atoms with van der Waals surface area (Å²) in [7, 11) is 0. The molecule has 0 spiro atoms.